The molecule has 3 amide bonds. The Kier molecular flexibility index (Phi) is 3.98. The number of carbonyl (C=O) groups is 3. The quantitative estimate of drug-likeness (QED) is 0.672. The van der Waals surface area contributed by atoms with Crippen LogP contribution in [0.2, 0.25) is 0 Å². The predicted octanol–water partition coefficient (Wildman–Crippen LogP) is 2.83. The van der Waals surface area contributed by atoms with Crippen LogP contribution >= 0.6 is 0 Å². The highest BCUT2D eigenvalue weighted by Gasteiger charge is 2.58. The number of amides is 3. The zero-order valence-electron chi connectivity index (χ0n) is 15.4. The van der Waals surface area contributed by atoms with Crippen molar-refractivity contribution in [2.45, 2.75) is 39.7 Å². The summed E-state index contributed by atoms with van der Waals surface area (Å²) >= 11 is 0. The number of imide groups is 1. The molecule has 1 heterocycles. The van der Waals surface area contributed by atoms with Gasteiger partial charge in [-0.25, -0.2) is 0 Å². The molecule has 5 rings (SSSR count). The molecule has 1 aromatic carbocycles. The van der Waals surface area contributed by atoms with Crippen molar-refractivity contribution in [3.8, 4) is 0 Å². The number of aryl methyl sites for hydroxylation is 2. The van der Waals surface area contributed by atoms with Crippen molar-refractivity contribution in [3.05, 3.63) is 41.5 Å². The number of fused-ring (bicyclic) bond motifs is 1. The minimum absolute atomic E-state index is 0.140. The van der Waals surface area contributed by atoms with E-state index >= 15 is 0 Å². The molecule has 5 heteroatoms. The van der Waals surface area contributed by atoms with Crippen LogP contribution in [0.25, 0.3) is 0 Å². The van der Waals surface area contributed by atoms with Gasteiger partial charge in [0, 0.05) is 5.69 Å². The van der Waals surface area contributed by atoms with Crippen LogP contribution in [-0.4, -0.2) is 28.7 Å². The summed E-state index contributed by atoms with van der Waals surface area (Å²) < 4.78 is 0. The lowest BCUT2D eigenvalue weighted by molar-refractivity contribution is -0.146. The van der Waals surface area contributed by atoms with Gasteiger partial charge in [-0.1, -0.05) is 29.8 Å². The Morgan fingerprint density at radius 3 is 2.15 bits per heavy atom. The van der Waals surface area contributed by atoms with E-state index in [0.717, 1.165) is 24.0 Å². The Bertz CT molecular complexity index is 797. The van der Waals surface area contributed by atoms with E-state index < -0.39 is 6.04 Å². The Labute approximate surface area is 153 Å². The van der Waals surface area contributed by atoms with Crippen molar-refractivity contribution in [2.24, 2.45) is 23.7 Å². The zero-order chi connectivity index (χ0) is 18.6. The second-order valence-electron chi connectivity index (χ2n) is 7.87. The third kappa shape index (κ3) is 2.49. The first-order valence-corrected chi connectivity index (χ1v) is 9.32. The summed E-state index contributed by atoms with van der Waals surface area (Å²) in [6, 6.07) is 4.97. The molecule has 1 saturated heterocycles. The van der Waals surface area contributed by atoms with E-state index in [1.54, 1.807) is 6.92 Å². The number of anilines is 1. The maximum atomic E-state index is 12.9. The molecule has 5 atom stereocenters. The molecule has 1 aromatic rings. The number of hydrogen-bond donors (Lipinski definition) is 1. The zero-order valence-corrected chi connectivity index (χ0v) is 15.4. The van der Waals surface area contributed by atoms with Gasteiger partial charge in [-0.15, -0.1) is 0 Å². The predicted molar refractivity (Wildman–Crippen MR) is 98.2 cm³/mol. The second kappa shape index (κ2) is 6.08. The number of carbonyl (C=O) groups excluding carboxylic acids is 3. The third-order valence-electron chi connectivity index (χ3n) is 6.20. The van der Waals surface area contributed by atoms with Crippen LogP contribution in [0.1, 0.15) is 30.9 Å². The Morgan fingerprint density at radius 1 is 1.08 bits per heavy atom. The summed E-state index contributed by atoms with van der Waals surface area (Å²) in [7, 11) is 0. The van der Waals surface area contributed by atoms with Gasteiger partial charge in [-0.2, -0.15) is 0 Å². The largest absolute Gasteiger partial charge is 0.324 e. The van der Waals surface area contributed by atoms with Crippen molar-refractivity contribution in [1.29, 1.82) is 0 Å². The van der Waals surface area contributed by atoms with E-state index in [9.17, 15) is 14.4 Å². The number of benzene rings is 1. The molecule has 0 radical (unpaired) electrons. The van der Waals surface area contributed by atoms with Crippen LogP contribution < -0.4 is 5.32 Å². The SMILES string of the molecule is Cc1ccc(NC(=O)[C@H](C)N2C(=O)[C@H]3[C@H](C2=O)[C@H]2C=C[C@H]3CC2)c(C)c1. The first-order chi connectivity index (χ1) is 12.4. The van der Waals surface area contributed by atoms with Crippen molar-refractivity contribution in [1.82, 2.24) is 4.90 Å². The minimum Gasteiger partial charge on any atom is -0.324 e. The molecule has 0 aromatic heterocycles. The molecular weight excluding hydrogens is 328 g/mol. The number of nitrogens with zero attached hydrogens (tertiary/aromatic N) is 1. The van der Waals surface area contributed by atoms with Crippen LogP contribution in [0, 0.1) is 37.5 Å². The minimum atomic E-state index is -0.805. The van der Waals surface area contributed by atoms with Crippen LogP contribution in [-0.2, 0) is 14.4 Å². The van der Waals surface area contributed by atoms with E-state index in [1.807, 2.05) is 32.0 Å². The Hall–Kier alpha value is -2.43. The second-order valence-corrected chi connectivity index (χ2v) is 7.87. The molecule has 1 saturated carbocycles. The molecule has 0 spiro atoms. The van der Waals surface area contributed by atoms with Gasteiger partial charge < -0.3 is 5.32 Å². The average molecular weight is 352 g/mol. The van der Waals surface area contributed by atoms with E-state index in [1.165, 1.54) is 4.90 Å². The maximum absolute atomic E-state index is 12.9. The van der Waals surface area contributed by atoms with Crippen molar-refractivity contribution in [2.75, 3.05) is 5.32 Å². The van der Waals surface area contributed by atoms with Gasteiger partial charge in [0.05, 0.1) is 11.8 Å². The highest BCUT2D eigenvalue weighted by Crippen LogP contribution is 2.49. The van der Waals surface area contributed by atoms with Crippen molar-refractivity contribution >= 4 is 23.4 Å². The van der Waals surface area contributed by atoms with Gasteiger partial charge in [0.25, 0.3) is 0 Å². The first kappa shape index (κ1) is 17.0. The van der Waals surface area contributed by atoms with Gasteiger partial charge in [-0.05, 0) is 57.1 Å². The van der Waals surface area contributed by atoms with Crippen LogP contribution in [0.5, 0.6) is 0 Å². The molecule has 26 heavy (non-hydrogen) atoms. The van der Waals surface area contributed by atoms with E-state index in [-0.39, 0.29) is 41.4 Å². The molecule has 1 aliphatic heterocycles. The maximum Gasteiger partial charge on any atom is 0.247 e. The van der Waals surface area contributed by atoms with Crippen LogP contribution in [0.3, 0.4) is 0 Å². The fraction of sp³-hybridized carbons (Fsp3) is 0.476. The van der Waals surface area contributed by atoms with Gasteiger partial charge in [-0.3, -0.25) is 19.3 Å². The summed E-state index contributed by atoms with van der Waals surface area (Å²) in [5.74, 6) is -0.949. The van der Waals surface area contributed by atoms with Gasteiger partial charge in [0.1, 0.15) is 6.04 Å². The molecule has 3 aliphatic carbocycles. The molecule has 2 fully saturated rings. The highest BCUT2D eigenvalue weighted by atomic mass is 16.2. The smallest absolute Gasteiger partial charge is 0.247 e. The number of allylic oxidation sites excluding steroid dienone is 2. The number of nitrogens with one attached hydrogen (secondary N) is 1. The lowest BCUT2D eigenvalue weighted by Crippen LogP contribution is -2.46. The van der Waals surface area contributed by atoms with Gasteiger partial charge >= 0.3 is 0 Å². The molecule has 5 nitrogen and oxygen atoms in total. The Morgan fingerprint density at radius 2 is 1.65 bits per heavy atom. The summed E-state index contributed by atoms with van der Waals surface area (Å²) in [4.78, 5) is 39.8. The van der Waals surface area contributed by atoms with Crippen LogP contribution in [0.15, 0.2) is 30.4 Å². The van der Waals surface area contributed by atoms with E-state index in [4.69, 9.17) is 0 Å². The topological polar surface area (TPSA) is 66.5 Å². The molecule has 0 unspecified atom stereocenters. The highest BCUT2D eigenvalue weighted by molar-refractivity contribution is 6.10. The summed E-state index contributed by atoms with van der Waals surface area (Å²) in [5.41, 5.74) is 2.79. The van der Waals surface area contributed by atoms with E-state index in [0.29, 0.717) is 5.69 Å². The number of hydrogen-bond acceptors (Lipinski definition) is 3. The van der Waals surface area contributed by atoms with Crippen LogP contribution in [0.4, 0.5) is 5.69 Å². The Balaban J connectivity index is 1.54. The average Bonchev–Trinajstić information content (AvgIpc) is 2.91. The summed E-state index contributed by atoms with van der Waals surface area (Å²) in [6.07, 6.45) is 6.09. The molecular formula is C21H24N2O3. The standard InChI is InChI=1S/C21H24N2O3/c1-11-4-9-16(12(2)10-11)22-19(24)13(3)23-20(25)17-14-5-6-15(8-7-14)18(17)21(23)26/h4-6,9-10,13-15,17-18H,7-8H2,1-3H3,(H,22,24)/t13-,14-,15-,17+,18+/m0/s1. The molecule has 136 valence electrons. The van der Waals surface area contributed by atoms with Gasteiger partial charge in [0.15, 0.2) is 0 Å². The molecule has 4 aliphatic rings. The molecule has 1 N–H and O–H groups in total. The molecule has 2 bridgehead atoms. The fourth-order valence-corrected chi connectivity index (χ4v) is 4.79. The summed E-state index contributed by atoms with van der Waals surface area (Å²) in [6.45, 7) is 5.56. The lowest BCUT2D eigenvalue weighted by Gasteiger charge is -2.38. The van der Waals surface area contributed by atoms with E-state index in [2.05, 4.69) is 17.5 Å². The number of likely N-dealkylation sites (tertiary alicyclic amines) is 1. The normalized spacial score (nSPS) is 30.5. The number of rotatable bonds is 3. The third-order valence-corrected chi connectivity index (χ3v) is 6.20. The van der Waals surface area contributed by atoms with Crippen molar-refractivity contribution in [3.63, 3.8) is 0 Å². The fourth-order valence-electron chi connectivity index (χ4n) is 4.79. The van der Waals surface area contributed by atoms with Crippen molar-refractivity contribution < 1.29 is 14.4 Å². The first-order valence-electron chi connectivity index (χ1n) is 9.32. The summed E-state index contributed by atoms with van der Waals surface area (Å²) in [5, 5.41) is 2.87. The monoisotopic (exact) mass is 352 g/mol. The lowest BCUT2D eigenvalue weighted by atomic mass is 9.63. The van der Waals surface area contributed by atoms with Gasteiger partial charge in [0.2, 0.25) is 17.7 Å².